The number of aromatic nitrogens is 2. The molecule has 0 radical (unpaired) electrons. The van der Waals surface area contributed by atoms with Crippen molar-refractivity contribution >= 4 is 11.5 Å². The molecule has 3 heterocycles. The number of pyridine rings is 1. The Labute approximate surface area is 109 Å². The van der Waals surface area contributed by atoms with Crippen LogP contribution in [0.25, 0.3) is 5.65 Å². The highest BCUT2D eigenvalue weighted by atomic mass is 16.3. The van der Waals surface area contributed by atoms with Crippen LogP contribution >= 0.6 is 0 Å². The second-order valence-electron chi connectivity index (χ2n) is 4.53. The van der Waals surface area contributed by atoms with Crippen LogP contribution in [0.15, 0.2) is 34.2 Å². The minimum atomic E-state index is -0.500. The molecule has 19 heavy (non-hydrogen) atoms. The van der Waals surface area contributed by atoms with E-state index in [9.17, 15) is 9.90 Å². The van der Waals surface area contributed by atoms with Crippen LogP contribution in [0.3, 0.4) is 0 Å². The molecular formula is C13H14N4O2. The smallest absolute Gasteiger partial charge is 0.269 e. The molecular weight excluding hydrogens is 244 g/mol. The van der Waals surface area contributed by atoms with E-state index >= 15 is 0 Å². The second-order valence-corrected chi connectivity index (χ2v) is 4.53. The Balaban J connectivity index is 2.22. The topological polar surface area (TPSA) is 79.0 Å². The Kier molecular flexibility index (Phi) is 2.79. The third kappa shape index (κ3) is 2.00. The number of aryl methyl sites for hydroxylation is 1. The molecule has 0 fully saturated rings. The predicted octanol–water partition coefficient (Wildman–Crippen LogP) is -0.286. The molecule has 0 aromatic carbocycles. The van der Waals surface area contributed by atoms with Crippen LogP contribution in [0.2, 0.25) is 0 Å². The molecule has 2 aromatic rings. The van der Waals surface area contributed by atoms with Crippen LogP contribution < -0.4 is 10.9 Å². The summed E-state index contributed by atoms with van der Waals surface area (Å²) in [6, 6.07) is 5.42. The highest BCUT2D eigenvalue weighted by Crippen LogP contribution is 2.06. The van der Waals surface area contributed by atoms with Gasteiger partial charge in [-0.15, -0.1) is 0 Å². The summed E-state index contributed by atoms with van der Waals surface area (Å²) in [7, 11) is 0. The molecule has 3 rings (SSSR count). The van der Waals surface area contributed by atoms with E-state index in [2.05, 4.69) is 15.3 Å². The quantitative estimate of drug-likeness (QED) is 0.737. The second kappa shape index (κ2) is 4.47. The van der Waals surface area contributed by atoms with Crippen molar-refractivity contribution in [3.8, 4) is 0 Å². The van der Waals surface area contributed by atoms with E-state index in [0.717, 1.165) is 0 Å². The van der Waals surface area contributed by atoms with E-state index in [4.69, 9.17) is 0 Å². The average molecular weight is 258 g/mol. The zero-order valence-corrected chi connectivity index (χ0v) is 10.5. The Morgan fingerprint density at radius 1 is 1.47 bits per heavy atom. The highest BCUT2D eigenvalue weighted by Gasteiger charge is 2.19. The van der Waals surface area contributed by atoms with Gasteiger partial charge in [0.15, 0.2) is 0 Å². The molecule has 6 nitrogen and oxygen atoms in total. The summed E-state index contributed by atoms with van der Waals surface area (Å²) < 4.78 is 1.50. The number of aliphatic hydroxyl groups excluding tert-OH is 1. The van der Waals surface area contributed by atoms with Crippen LogP contribution in [-0.4, -0.2) is 39.5 Å². The number of hydrogen-bond acceptors (Lipinski definition) is 5. The first kappa shape index (κ1) is 11.9. The van der Waals surface area contributed by atoms with E-state index in [1.54, 1.807) is 25.3 Å². The summed E-state index contributed by atoms with van der Waals surface area (Å²) >= 11 is 0. The maximum Gasteiger partial charge on any atom is 0.269 e. The molecule has 2 aromatic heterocycles. The van der Waals surface area contributed by atoms with E-state index in [-0.39, 0.29) is 5.56 Å². The van der Waals surface area contributed by atoms with Gasteiger partial charge in [-0.1, -0.05) is 6.07 Å². The van der Waals surface area contributed by atoms with Crippen LogP contribution in [0.1, 0.15) is 11.3 Å². The van der Waals surface area contributed by atoms with Gasteiger partial charge < -0.3 is 10.4 Å². The van der Waals surface area contributed by atoms with Gasteiger partial charge >= 0.3 is 0 Å². The number of nitrogens with zero attached hydrogens (tertiary/aromatic N) is 3. The lowest BCUT2D eigenvalue weighted by atomic mass is 10.1. The molecule has 1 aliphatic heterocycles. The Morgan fingerprint density at radius 2 is 2.32 bits per heavy atom. The first-order chi connectivity index (χ1) is 9.16. The normalized spacial score (nSPS) is 19.1. The van der Waals surface area contributed by atoms with Gasteiger partial charge in [-0.25, -0.2) is 4.98 Å². The number of rotatable bonds is 1. The van der Waals surface area contributed by atoms with Crippen molar-refractivity contribution in [2.75, 3.05) is 13.1 Å². The van der Waals surface area contributed by atoms with Crippen molar-refractivity contribution in [3.05, 3.63) is 46.0 Å². The minimum absolute atomic E-state index is 0.147. The van der Waals surface area contributed by atoms with Gasteiger partial charge in [-0.3, -0.25) is 14.2 Å². The number of aliphatic hydroxyl groups is 1. The van der Waals surface area contributed by atoms with Crippen molar-refractivity contribution in [1.82, 2.24) is 14.7 Å². The molecule has 0 saturated carbocycles. The molecule has 6 heteroatoms. The number of aliphatic imine (C=N–C) groups is 1. The Hall–Kier alpha value is -2.21. The molecule has 0 bridgehead atoms. The van der Waals surface area contributed by atoms with Gasteiger partial charge in [-0.2, -0.15) is 0 Å². The molecule has 0 saturated heterocycles. The number of amidine groups is 1. The molecule has 1 atom stereocenters. The molecule has 2 N–H and O–H groups in total. The van der Waals surface area contributed by atoms with Crippen LogP contribution in [0, 0.1) is 6.92 Å². The Bertz CT molecular complexity index is 720. The summed E-state index contributed by atoms with van der Waals surface area (Å²) in [5.74, 6) is 0.513. The number of hydrogen-bond donors (Lipinski definition) is 2. The first-order valence-corrected chi connectivity index (χ1v) is 6.11. The third-order valence-electron chi connectivity index (χ3n) is 3.12. The maximum atomic E-state index is 12.5. The molecule has 0 spiro atoms. The maximum absolute atomic E-state index is 12.5. The lowest BCUT2D eigenvalue weighted by molar-refractivity contribution is 0.181. The van der Waals surface area contributed by atoms with E-state index in [1.807, 2.05) is 6.07 Å². The molecule has 1 aliphatic rings. The van der Waals surface area contributed by atoms with Crippen molar-refractivity contribution in [2.45, 2.75) is 13.0 Å². The van der Waals surface area contributed by atoms with E-state index < -0.39 is 6.10 Å². The minimum Gasteiger partial charge on any atom is -0.389 e. The third-order valence-corrected chi connectivity index (χ3v) is 3.12. The van der Waals surface area contributed by atoms with Gasteiger partial charge in [0.1, 0.15) is 17.0 Å². The zero-order valence-electron chi connectivity index (χ0n) is 10.5. The van der Waals surface area contributed by atoms with Gasteiger partial charge in [0.05, 0.1) is 18.3 Å². The molecule has 98 valence electrons. The van der Waals surface area contributed by atoms with Gasteiger partial charge in [-0.05, 0) is 19.1 Å². The zero-order chi connectivity index (χ0) is 13.4. The first-order valence-electron chi connectivity index (χ1n) is 6.11. The fraction of sp³-hybridized carbons (Fsp3) is 0.308. The lowest BCUT2D eigenvalue weighted by Gasteiger charge is -2.19. The van der Waals surface area contributed by atoms with Gasteiger partial charge in [0.25, 0.3) is 5.56 Å². The summed E-state index contributed by atoms with van der Waals surface area (Å²) in [5.41, 5.74) is 1.57. The van der Waals surface area contributed by atoms with Gasteiger partial charge in [0, 0.05) is 12.7 Å². The summed E-state index contributed by atoms with van der Waals surface area (Å²) in [5, 5.41) is 12.4. The van der Waals surface area contributed by atoms with E-state index in [0.29, 0.717) is 35.8 Å². The summed E-state index contributed by atoms with van der Waals surface area (Å²) in [4.78, 5) is 21.1. The highest BCUT2D eigenvalue weighted by molar-refractivity contribution is 5.99. The lowest BCUT2D eigenvalue weighted by Crippen LogP contribution is -2.42. The summed E-state index contributed by atoms with van der Waals surface area (Å²) in [6.45, 7) is 2.49. The van der Waals surface area contributed by atoms with Crippen molar-refractivity contribution < 1.29 is 5.11 Å². The number of β-amino-alcohol motifs (C(OH)–C–C–N with tert-alkyl or cyclic N) is 1. The van der Waals surface area contributed by atoms with Crippen molar-refractivity contribution in [1.29, 1.82) is 0 Å². The molecule has 1 unspecified atom stereocenters. The number of nitrogens with one attached hydrogen (secondary N) is 1. The Morgan fingerprint density at radius 3 is 3.05 bits per heavy atom. The van der Waals surface area contributed by atoms with Crippen molar-refractivity contribution in [2.24, 2.45) is 4.99 Å². The fourth-order valence-corrected chi connectivity index (χ4v) is 2.17. The van der Waals surface area contributed by atoms with E-state index in [1.165, 1.54) is 4.40 Å². The van der Waals surface area contributed by atoms with Crippen LogP contribution in [0.4, 0.5) is 0 Å². The van der Waals surface area contributed by atoms with Crippen LogP contribution in [-0.2, 0) is 0 Å². The average Bonchev–Trinajstić information content (AvgIpc) is 2.41. The molecule has 0 amide bonds. The van der Waals surface area contributed by atoms with Crippen LogP contribution in [0.5, 0.6) is 0 Å². The monoisotopic (exact) mass is 258 g/mol. The fourth-order valence-electron chi connectivity index (χ4n) is 2.17. The van der Waals surface area contributed by atoms with Gasteiger partial charge in [0.2, 0.25) is 0 Å². The summed E-state index contributed by atoms with van der Waals surface area (Å²) in [6.07, 6.45) is 1.19. The standard InChI is InChI=1S/C13H14N4O2/c1-8-11(12-14-6-9(18)7-15-12)13(19)17-5-3-2-4-10(17)16-8/h2-5,9,18H,6-7H2,1H3,(H,14,15). The van der Waals surface area contributed by atoms with Crippen molar-refractivity contribution in [3.63, 3.8) is 0 Å². The SMILES string of the molecule is Cc1nc2ccccn2c(=O)c1C1=NCC(O)CN1. The predicted molar refractivity (Wildman–Crippen MR) is 71.6 cm³/mol. The largest absolute Gasteiger partial charge is 0.389 e. The number of fused-ring (bicyclic) bond motifs is 1. The molecule has 0 aliphatic carbocycles.